The lowest BCUT2D eigenvalue weighted by atomic mass is 9.91. The van der Waals surface area contributed by atoms with Gasteiger partial charge in [0, 0.05) is 12.1 Å². The van der Waals surface area contributed by atoms with Crippen LogP contribution in [-0.4, -0.2) is 18.9 Å². The quantitative estimate of drug-likeness (QED) is 0.703. The van der Waals surface area contributed by atoms with Crippen LogP contribution in [0.2, 0.25) is 0 Å². The highest BCUT2D eigenvalue weighted by atomic mass is 32.2. The molecule has 1 rings (SSSR count). The molecule has 4 N–H and O–H groups in total. The Labute approximate surface area is 108 Å². The van der Waals surface area contributed by atoms with Gasteiger partial charge < -0.3 is 5.73 Å². The van der Waals surface area contributed by atoms with Crippen LogP contribution in [0.3, 0.4) is 0 Å². The Kier molecular flexibility index (Phi) is 4.70. The second kappa shape index (κ2) is 5.67. The molecule has 0 aromatic rings. The summed E-state index contributed by atoms with van der Waals surface area (Å²) in [6.07, 6.45) is 7.09. The number of unbranched alkanes of at least 4 members (excludes halogenated alkanes) is 2. The van der Waals surface area contributed by atoms with Crippen LogP contribution in [-0.2, 0) is 14.8 Å². The molecule has 0 spiro atoms. The highest BCUT2D eigenvalue weighted by Gasteiger charge is 2.45. The maximum Gasteiger partial charge on any atom is 0.226 e. The van der Waals surface area contributed by atoms with Gasteiger partial charge in [0.25, 0.3) is 0 Å². The van der Waals surface area contributed by atoms with E-state index in [2.05, 4.69) is 0 Å². The predicted octanol–water partition coefficient (Wildman–Crippen LogP) is 0.966. The minimum absolute atomic E-state index is 0.0269. The summed E-state index contributed by atoms with van der Waals surface area (Å²) >= 11 is 0. The van der Waals surface area contributed by atoms with Crippen LogP contribution in [0, 0.1) is 0 Å². The van der Waals surface area contributed by atoms with E-state index in [1.807, 2.05) is 6.92 Å². The van der Waals surface area contributed by atoms with E-state index in [-0.39, 0.29) is 18.6 Å². The third-order valence-electron chi connectivity index (χ3n) is 3.17. The third kappa shape index (κ3) is 3.00. The highest BCUT2D eigenvalue weighted by molar-refractivity contribution is 7.91. The van der Waals surface area contributed by atoms with Crippen LogP contribution in [0.5, 0.6) is 0 Å². The molecule has 102 valence electrons. The van der Waals surface area contributed by atoms with Gasteiger partial charge in [0.1, 0.15) is 0 Å². The van der Waals surface area contributed by atoms with Gasteiger partial charge in [0.15, 0.2) is 10.5 Å². The van der Waals surface area contributed by atoms with E-state index in [1.165, 1.54) is 18.2 Å². The lowest BCUT2D eigenvalue weighted by Crippen LogP contribution is -2.49. The van der Waals surface area contributed by atoms with Crippen molar-refractivity contribution in [1.82, 2.24) is 0 Å². The van der Waals surface area contributed by atoms with Crippen LogP contribution in [0.25, 0.3) is 0 Å². The van der Waals surface area contributed by atoms with Gasteiger partial charge in [-0.2, -0.15) is 0 Å². The van der Waals surface area contributed by atoms with Gasteiger partial charge in [-0.3, -0.25) is 4.79 Å². The number of ketones is 1. The van der Waals surface area contributed by atoms with E-state index in [1.54, 1.807) is 0 Å². The van der Waals surface area contributed by atoms with Crippen LogP contribution < -0.4 is 10.9 Å². The molecule has 1 aliphatic carbocycles. The molecule has 5 nitrogen and oxygen atoms in total. The topological polar surface area (TPSA) is 103 Å². The number of hydrogen-bond donors (Lipinski definition) is 2. The molecule has 1 atom stereocenters. The van der Waals surface area contributed by atoms with Crippen LogP contribution in [0.1, 0.15) is 39.0 Å². The molecular formula is C12H20N2O3S. The predicted molar refractivity (Wildman–Crippen MR) is 71.0 cm³/mol. The van der Waals surface area contributed by atoms with Crippen molar-refractivity contribution in [2.45, 2.75) is 43.8 Å². The normalized spacial score (nSPS) is 23.8. The van der Waals surface area contributed by atoms with Crippen molar-refractivity contribution in [1.29, 1.82) is 0 Å². The Bertz CT molecular complexity index is 480. The van der Waals surface area contributed by atoms with Crippen molar-refractivity contribution in [3.63, 3.8) is 0 Å². The van der Waals surface area contributed by atoms with Gasteiger partial charge in [-0.1, -0.05) is 31.9 Å². The van der Waals surface area contributed by atoms with E-state index < -0.39 is 14.8 Å². The minimum Gasteiger partial charge on any atom is -0.399 e. The Morgan fingerprint density at radius 3 is 2.56 bits per heavy atom. The second-order valence-corrected chi connectivity index (χ2v) is 6.37. The first kappa shape index (κ1) is 14.9. The van der Waals surface area contributed by atoms with Gasteiger partial charge >= 0.3 is 0 Å². The van der Waals surface area contributed by atoms with Gasteiger partial charge in [-0.25, -0.2) is 13.6 Å². The van der Waals surface area contributed by atoms with Gasteiger partial charge in [-0.15, -0.1) is 0 Å². The highest BCUT2D eigenvalue weighted by Crippen LogP contribution is 2.29. The molecule has 1 aliphatic rings. The van der Waals surface area contributed by atoms with E-state index >= 15 is 0 Å². The maximum atomic E-state index is 12.2. The summed E-state index contributed by atoms with van der Waals surface area (Å²) in [6, 6.07) is 0. The second-order valence-electron chi connectivity index (χ2n) is 4.56. The van der Waals surface area contributed by atoms with Crippen molar-refractivity contribution >= 4 is 15.8 Å². The Hall–Kier alpha value is -1.14. The SMILES string of the molecule is CCCCCC(=O)C1(S(N)(=O)=O)C=CC(N)=CC1. The van der Waals surface area contributed by atoms with Crippen molar-refractivity contribution < 1.29 is 13.2 Å². The number of Topliss-reactive ketones (excluding diaryl/α,β-unsaturated/α-hetero) is 1. The van der Waals surface area contributed by atoms with Crippen molar-refractivity contribution in [3.8, 4) is 0 Å². The average Bonchev–Trinajstić information content (AvgIpc) is 2.28. The molecule has 0 aliphatic heterocycles. The Morgan fingerprint density at radius 2 is 2.11 bits per heavy atom. The number of hydrogen-bond acceptors (Lipinski definition) is 4. The molecule has 0 bridgehead atoms. The van der Waals surface area contributed by atoms with Gasteiger partial charge in [-0.05, 0) is 18.9 Å². The summed E-state index contributed by atoms with van der Waals surface area (Å²) in [5.74, 6) is -0.349. The number of carbonyl (C=O) groups is 1. The molecule has 0 aromatic heterocycles. The fraction of sp³-hybridized carbons (Fsp3) is 0.583. The van der Waals surface area contributed by atoms with Gasteiger partial charge in [0.05, 0.1) is 0 Å². The largest absolute Gasteiger partial charge is 0.399 e. The fourth-order valence-corrected chi connectivity index (χ4v) is 2.95. The molecule has 0 amide bonds. The Balaban J connectivity index is 2.95. The van der Waals surface area contributed by atoms with E-state index in [4.69, 9.17) is 10.9 Å². The summed E-state index contributed by atoms with van der Waals surface area (Å²) in [5.41, 5.74) is 6.00. The molecule has 0 saturated carbocycles. The molecule has 6 heteroatoms. The van der Waals surface area contributed by atoms with Crippen molar-refractivity contribution in [2.24, 2.45) is 10.9 Å². The summed E-state index contributed by atoms with van der Waals surface area (Å²) in [4.78, 5) is 12.2. The third-order valence-corrected chi connectivity index (χ3v) is 4.72. The number of primary sulfonamides is 1. The minimum atomic E-state index is -3.98. The van der Waals surface area contributed by atoms with Crippen molar-refractivity contribution in [3.05, 3.63) is 23.9 Å². The monoisotopic (exact) mass is 272 g/mol. The molecule has 1 unspecified atom stereocenters. The molecule has 0 fully saturated rings. The maximum absolute atomic E-state index is 12.2. The summed E-state index contributed by atoms with van der Waals surface area (Å²) in [6.45, 7) is 2.02. The number of carbonyl (C=O) groups excluding carboxylic acids is 1. The molecular weight excluding hydrogens is 252 g/mol. The van der Waals surface area contributed by atoms with Crippen LogP contribution in [0.4, 0.5) is 0 Å². The summed E-state index contributed by atoms with van der Waals surface area (Å²) < 4.78 is 21.8. The Morgan fingerprint density at radius 1 is 1.44 bits per heavy atom. The smallest absolute Gasteiger partial charge is 0.226 e. The van der Waals surface area contributed by atoms with Crippen LogP contribution in [0.15, 0.2) is 23.9 Å². The number of allylic oxidation sites excluding steroid dienone is 2. The molecule has 0 saturated heterocycles. The van der Waals surface area contributed by atoms with Gasteiger partial charge in [0.2, 0.25) is 10.0 Å². The number of sulfonamides is 1. The van der Waals surface area contributed by atoms with Crippen molar-refractivity contribution in [2.75, 3.05) is 0 Å². The molecule has 0 aromatic carbocycles. The van der Waals surface area contributed by atoms with Crippen LogP contribution >= 0.6 is 0 Å². The van der Waals surface area contributed by atoms with E-state index in [0.717, 1.165) is 12.8 Å². The molecule has 0 radical (unpaired) electrons. The first-order valence-corrected chi connectivity index (χ1v) is 7.58. The number of nitrogens with two attached hydrogens (primary N) is 2. The number of rotatable bonds is 6. The molecule has 18 heavy (non-hydrogen) atoms. The fourth-order valence-electron chi connectivity index (χ4n) is 1.96. The zero-order valence-electron chi connectivity index (χ0n) is 10.6. The first-order valence-electron chi connectivity index (χ1n) is 6.04. The summed E-state index contributed by atoms with van der Waals surface area (Å²) in [7, 11) is -3.98. The zero-order valence-corrected chi connectivity index (χ0v) is 11.4. The lowest BCUT2D eigenvalue weighted by molar-refractivity contribution is -0.120. The summed E-state index contributed by atoms with van der Waals surface area (Å²) in [5, 5.41) is 5.23. The average molecular weight is 272 g/mol. The van der Waals surface area contributed by atoms with E-state index in [0.29, 0.717) is 12.1 Å². The van der Waals surface area contributed by atoms with E-state index in [9.17, 15) is 13.2 Å². The zero-order chi connectivity index (χ0) is 13.8. The first-order chi connectivity index (χ1) is 8.33. The lowest BCUT2D eigenvalue weighted by Gasteiger charge is -2.28. The standard InChI is InChI=1S/C12H20N2O3S/c1-2-3-4-5-11(15)12(18(14,16)17)8-6-10(13)7-9-12/h6-8H,2-5,9,13H2,1H3,(H2,14,16,17). The molecule has 0 heterocycles.